The molecule has 1 aliphatic heterocycles. The van der Waals surface area contributed by atoms with E-state index in [1.807, 2.05) is 49.4 Å². The van der Waals surface area contributed by atoms with E-state index in [0.29, 0.717) is 18.8 Å². The molecule has 1 unspecified atom stereocenters. The number of anilines is 1. The third-order valence-electron chi connectivity index (χ3n) is 4.79. The normalized spacial score (nSPS) is 17.0. The molecule has 0 spiro atoms. The van der Waals surface area contributed by atoms with Gasteiger partial charge >= 0.3 is 0 Å². The molecule has 1 saturated heterocycles. The number of nitrogens with zero attached hydrogens (tertiary/aromatic N) is 2. The molecule has 1 atom stereocenters. The molecule has 1 aliphatic rings. The molecule has 26 heavy (non-hydrogen) atoms. The maximum absolute atomic E-state index is 12.6. The highest BCUT2D eigenvalue weighted by Gasteiger charge is 2.34. The number of carbonyl (C=O) groups is 2. The standard InChI is InChI=1S/C20H20N4O2/c1-13-2-4-14(5-3-13)11-24-12-16(9-19(24)25)20(26)22-17-6-7-18-15(8-17)10-21-23-18/h2-8,10,16H,9,11-12H2,1H3,(H,21,23)(H,22,26). The number of nitrogens with one attached hydrogen (secondary N) is 2. The predicted octanol–water partition coefficient (Wildman–Crippen LogP) is 2.86. The van der Waals surface area contributed by atoms with Crippen LogP contribution in [0.4, 0.5) is 5.69 Å². The zero-order valence-electron chi connectivity index (χ0n) is 14.5. The van der Waals surface area contributed by atoms with Crippen molar-refractivity contribution in [2.75, 3.05) is 11.9 Å². The number of rotatable bonds is 4. The lowest BCUT2D eigenvalue weighted by Crippen LogP contribution is -2.28. The van der Waals surface area contributed by atoms with E-state index >= 15 is 0 Å². The van der Waals surface area contributed by atoms with Crippen LogP contribution in [0.15, 0.2) is 48.7 Å². The van der Waals surface area contributed by atoms with E-state index in [1.165, 1.54) is 5.56 Å². The molecule has 2 heterocycles. The lowest BCUT2D eigenvalue weighted by atomic mass is 10.1. The largest absolute Gasteiger partial charge is 0.338 e. The quantitative estimate of drug-likeness (QED) is 0.761. The number of hydrogen-bond donors (Lipinski definition) is 2. The van der Waals surface area contributed by atoms with Crippen molar-refractivity contribution in [2.24, 2.45) is 5.92 Å². The van der Waals surface area contributed by atoms with Gasteiger partial charge in [-0.1, -0.05) is 29.8 Å². The Hall–Kier alpha value is -3.15. The number of carbonyl (C=O) groups excluding carboxylic acids is 2. The molecule has 2 aromatic carbocycles. The molecule has 0 saturated carbocycles. The summed E-state index contributed by atoms with van der Waals surface area (Å²) >= 11 is 0. The highest BCUT2D eigenvalue weighted by atomic mass is 16.2. The molecule has 2 amide bonds. The van der Waals surface area contributed by atoms with Crippen molar-refractivity contribution < 1.29 is 9.59 Å². The van der Waals surface area contributed by atoms with E-state index in [4.69, 9.17) is 0 Å². The number of aromatic amines is 1. The second-order valence-corrected chi connectivity index (χ2v) is 6.82. The van der Waals surface area contributed by atoms with Crippen LogP contribution in [0.3, 0.4) is 0 Å². The van der Waals surface area contributed by atoms with E-state index < -0.39 is 0 Å². The minimum Gasteiger partial charge on any atom is -0.338 e. The number of aromatic nitrogens is 2. The fourth-order valence-corrected chi connectivity index (χ4v) is 3.28. The van der Waals surface area contributed by atoms with Gasteiger partial charge in [-0.25, -0.2) is 0 Å². The second-order valence-electron chi connectivity index (χ2n) is 6.82. The Kier molecular flexibility index (Phi) is 4.16. The summed E-state index contributed by atoms with van der Waals surface area (Å²) < 4.78 is 0. The van der Waals surface area contributed by atoms with Crippen molar-refractivity contribution in [3.63, 3.8) is 0 Å². The summed E-state index contributed by atoms with van der Waals surface area (Å²) in [7, 11) is 0. The molecule has 2 N–H and O–H groups in total. The van der Waals surface area contributed by atoms with E-state index in [0.717, 1.165) is 16.5 Å². The van der Waals surface area contributed by atoms with Gasteiger partial charge in [-0.3, -0.25) is 14.7 Å². The topological polar surface area (TPSA) is 78.1 Å². The molecule has 1 fully saturated rings. The molecule has 6 nitrogen and oxygen atoms in total. The molecule has 4 rings (SSSR count). The van der Waals surface area contributed by atoms with Crippen LogP contribution in [0.1, 0.15) is 17.5 Å². The summed E-state index contributed by atoms with van der Waals surface area (Å²) in [4.78, 5) is 26.6. The average molecular weight is 348 g/mol. The Morgan fingerprint density at radius 3 is 2.88 bits per heavy atom. The van der Waals surface area contributed by atoms with Crippen LogP contribution in [0, 0.1) is 12.8 Å². The van der Waals surface area contributed by atoms with Crippen LogP contribution in [0.5, 0.6) is 0 Å². The Morgan fingerprint density at radius 1 is 1.27 bits per heavy atom. The first kappa shape index (κ1) is 16.3. The number of benzene rings is 2. The zero-order chi connectivity index (χ0) is 18.1. The molecular weight excluding hydrogens is 328 g/mol. The van der Waals surface area contributed by atoms with Gasteiger partial charge in [0.1, 0.15) is 0 Å². The Labute approximate surface area is 151 Å². The van der Waals surface area contributed by atoms with Crippen LogP contribution in [-0.2, 0) is 16.1 Å². The number of fused-ring (bicyclic) bond motifs is 1. The third kappa shape index (κ3) is 3.31. The molecule has 0 radical (unpaired) electrons. The predicted molar refractivity (Wildman–Crippen MR) is 99.4 cm³/mol. The SMILES string of the molecule is Cc1ccc(CN2CC(C(=O)Nc3ccc4[nH]ncc4c3)CC2=O)cc1. The van der Waals surface area contributed by atoms with Gasteiger partial charge in [0.2, 0.25) is 11.8 Å². The molecule has 6 heteroatoms. The van der Waals surface area contributed by atoms with Crippen molar-refractivity contribution in [3.8, 4) is 0 Å². The first-order chi connectivity index (χ1) is 12.6. The molecule has 0 bridgehead atoms. The summed E-state index contributed by atoms with van der Waals surface area (Å²) in [5, 5.41) is 10.7. The summed E-state index contributed by atoms with van der Waals surface area (Å²) in [5.74, 6) is -0.420. The second kappa shape index (κ2) is 6.63. The summed E-state index contributed by atoms with van der Waals surface area (Å²) in [6, 6.07) is 13.7. The average Bonchev–Trinajstić information content (AvgIpc) is 3.23. The van der Waals surface area contributed by atoms with Gasteiger partial charge in [0.25, 0.3) is 0 Å². The Bertz CT molecular complexity index is 961. The van der Waals surface area contributed by atoms with Crippen LogP contribution < -0.4 is 5.32 Å². The highest BCUT2D eigenvalue weighted by molar-refractivity contribution is 5.98. The maximum atomic E-state index is 12.6. The Balaban J connectivity index is 1.40. The van der Waals surface area contributed by atoms with E-state index in [-0.39, 0.29) is 24.2 Å². The zero-order valence-corrected chi connectivity index (χ0v) is 14.5. The number of amides is 2. The number of aryl methyl sites for hydroxylation is 1. The minimum absolute atomic E-state index is 0.0241. The van der Waals surface area contributed by atoms with Crippen LogP contribution in [-0.4, -0.2) is 33.5 Å². The summed E-state index contributed by atoms with van der Waals surface area (Å²) in [5.41, 5.74) is 3.90. The fraction of sp³-hybridized carbons (Fsp3) is 0.250. The fourth-order valence-electron chi connectivity index (χ4n) is 3.28. The molecule has 3 aromatic rings. The lowest BCUT2D eigenvalue weighted by Gasteiger charge is -2.17. The molecule has 1 aromatic heterocycles. The van der Waals surface area contributed by atoms with Gasteiger partial charge in [-0.2, -0.15) is 5.10 Å². The van der Waals surface area contributed by atoms with Crippen LogP contribution >= 0.6 is 0 Å². The summed E-state index contributed by atoms with van der Waals surface area (Å²) in [6.45, 7) is 3.03. The van der Waals surface area contributed by atoms with Crippen LogP contribution in [0.2, 0.25) is 0 Å². The van der Waals surface area contributed by atoms with E-state index in [9.17, 15) is 9.59 Å². The van der Waals surface area contributed by atoms with Gasteiger partial charge < -0.3 is 10.2 Å². The first-order valence-electron chi connectivity index (χ1n) is 8.66. The molecule has 0 aliphatic carbocycles. The monoisotopic (exact) mass is 348 g/mol. The van der Waals surface area contributed by atoms with Crippen LogP contribution in [0.25, 0.3) is 10.9 Å². The van der Waals surface area contributed by atoms with Crippen molar-refractivity contribution in [1.29, 1.82) is 0 Å². The number of H-pyrrole nitrogens is 1. The van der Waals surface area contributed by atoms with Crippen molar-refractivity contribution in [3.05, 3.63) is 59.8 Å². The minimum atomic E-state index is -0.326. The van der Waals surface area contributed by atoms with Crippen molar-refractivity contribution in [2.45, 2.75) is 19.9 Å². The highest BCUT2D eigenvalue weighted by Crippen LogP contribution is 2.23. The van der Waals surface area contributed by atoms with E-state index in [1.54, 1.807) is 11.1 Å². The smallest absolute Gasteiger partial charge is 0.229 e. The van der Waals surface area contributed by atoms with Crippen molar-refractivity contribution in [1.82, 2.24) is 15.1 Å². The Morgan fingerprint density at radius 2 is 2.08 bits per heavy atom. The van der Waals surface area contributed by atoms with Gasteiger partial charge in [-0.05, 0) is 30.7 Å². The maximum Gasteiger partial charge on any atom is 0.229 e. The third-order valence-corrected chi connectivity index (χ3v) is 4.79. The lowest BCUT2D eigenvalue weighted by molar-refractivity contribution is -0.128. The van der Waals surface area contributed by atoms with Gasteiger partial charge in [-0.15, -0.1) is 0 Å². The van der Waals surface area contributed by atoms with Gasteiger partial charge in [0.15, 0.2) is 0 Å². The molecular formula is C20H20N4O2. The first-order valence-corrected chi connectivity index (χ1v) is 8.66. The number of hydrogen-bond acceptors (Lipinski definition) is 3. The number of likely N-dealkylation sites (tertiary alicyclic amines) is 1. The van der Waals surface area contributed by atoms with Gasteiger partial charge in [0.05, 0.1) is 17.6 Å². The van der Waals surface area contributed by atoms with E-state index in [2.05, 4.69) is 15.5 Å². The summed E-state index contributed by atoms with van der Waals surface area (Å²) in [6.07, 6.45) is 1.97. The van der Waals surface area contributed by atoms with Crippen molar-refractivity contribution >= 4 is 28.4 Å². The van der Waals surface area contributed by atoms with Gasteiger partial charge in [0, 0.05) is 30.6 Å². The molecule has 132 valence electrons.